The number of carbonyl (C=O) groups is 1. The van der Waals surface area contributed by atoms with E-state index < -0.39 is 5.60 Å². The summed E-state index contributed by atoms with van der Waals surface area (Å²) in [6, 6.07) is 0. The minimum atomic E-state index is -0.688. The average molecular weight is 377 g/mol. The van der Waals surface area contributed by atoms with E-state index in [0.29, 0.717) is 36.4 Å². The summed E-state index contributed by atoms with van der Waals surface area (Å²) in [4.78, 5) is 12.4. The highest BCUT2D eigenvalue weighted by Crippen LogP contribution is 2.68. The molecule has 4 fully saturated rings. The molecule has 27 heavy (non-hydrogen) atoms. The third-order valence-electron chi connectivity index (χ3n) is 9.86. The van der Waals surface area contributed by atoms with Crippen LogP contribution in [0.25, 0.3) is 0 Å². The maximum atomic E-state index is 12.4. The molecule has 0 aliphatic heterocycles. The van der Waals surface area contributed by atoms with Crippen LogP contribution < -0.4 is 0 Å². The summed E-state index contributed by atoms with van der Waals surface area (Å²) in [6.45, 7) is 6.92. The van der Waals surface area contributed by atoms with Crippen LogP contribution in [0.4, 0.5) is 0 Å². The van der Waals surface area contributed by atoms with Crippen LogP contribution in [0.1, 0.15) is 97.8 Å². The lowest BCUT2D eigenvalue weighted by atomic mass is 9.41. The second-order valence-corrected chi connectivity index (χ2v) is 11.1. The van der Waals surface area contributed by atoms with Gasteiger partial charge in [-0.2, -0.15) is 0 Å². The molecule has 4 saturated carbocycles. The highest BCUT2D eigenvalue weighted by atomic mass is 16.3. The van der Waals surface area contributed by atoms with Crippen molar-refractivity contribution in [1.82, 2.24) is 0 Å². The van der Waals surface area contributed by atoms with Crippen molar-refractivity contribution >= 4 is 5.78 Å². The molecule has 8 atom stereocenters. The van der Waals surface area contributed by atoms with Crippen LogP contribution in [0.15, 0.2) is 0 Å². The van der Waals surface area contributed by atoms with Crippen molar-refractivity contribution in [2.45, 2.75) is 110 Å². The first kappa shape index (κ1) is 19.9. The number of unbranched alkanes of at least 4 members (excludes halogenated alkanes) is 2. The van der Waals surface area contributed by atoms with Gasteiger partial charge >= 0.3 is 0 Å². The first-order valence-electron chi connectivity index (χ1n) is 11.7. The topological polar surface area (TPSA) is 57.5 Å². The van der Waals surface area contributed by atoms with E-state index in [-0.39, 0.29) is 22.9 Å². The number of carbonyl (C=O) groups excluding carboxylic acids is 1. The lowest BCUT2D eigenvalue weighted by Gasteiger charge is -2.64. The van der Waals surface area contributed by atoms with Crippen molar-refractivity contribution in [3.8, 4) is 0 Å². The number of hydrogen-bond acceptors (Lipinski definition) is 3. The van der Waals surface area contributed by atoms with Gasteiger partial charge in [0.25, 0.3) is 0 Å². The number of aliphatic hydroxyl groups is 2. The van der Waals surface area contributed by atoms with E-state index in [9.17, 15) is 15.0 Å². The fraction of sp³-hybridized carbons (Fsp3) is 0.958. The van der Waals surface area contributed by atoms with Crippen molar-refractivity contribution < 1.29 is 15.0 Å². The third-order valence-corrected chi connectivity index (χ3v) is 9.86. The molecule has 0 bridgehead atoms. The number of fused-ring (bicyclic) bond motifs is 5. The zero-order chi connectivity index (χ0) is 19.4. The number of rotatable bonds is 4. The zero-order valence-electron chi connectivity index (χ0n) is 17.7. The minimum absolute atomic E-state index is 0.0409. The standard InChI is InChI=1S/C24H40O3/c1-4-5-6-11-24(27)15-17-18-7-8-21(26)23(18,3)13-10-19(17)22(2)12-9-16(25)14-20(22)24/h17-21,26-27H,4-15H2,1-3H3/t17-,18-,19-,20-,21-,22+,23-,24+/m0/s1. The maximum Gasteiger partial charge on any atom is 0.133 e. The number of ketones is 1. The van der Waals surface area contributed by atoms with E-state index in [1.807, 2.05) is 0 Å². The Labute approximate surface area is 165 Å². The van der Waals surface area contributed by atoms with Crippen LogP contribution in [-0.2, 0) is 4.79 Å². The van der Waals surface area contributed by atoms with Gasteiger partial charge in [0.15, 0.2) is 0 Å². The van der Waals surface area contributed by atoms with Crippen molar-refractivity contribution in [1.29, 1.82) is 0 Å². The summed E-state index contributed by atoms with van der Waals surface area (Å²) >= 11 is 0. The van der Waals surface area contributed by atoms with Crippen LogP contribution in [0, 0.1) is 34.5 Å². The van der Waals surface area contributed by atoms with E-state index in [1.54, 1.807) is 0 Å². The molecular weight excluding hydrogens is 336 g/mol. The Kier molecular flexibility index (Phi) is 5.03. The number of Topliss-reactive ketones (excluding diaryl/α,β-unsaturated/α-hetero) is 1. The largest absolute Gasteiger partial charge is 0.393 e. The van der Waals surface area contributed by atoms with Crippen LogP contribution in [-0.4, -0.2) is 27.7 Å². The van der Waals surface area contributed by atoms with Crippen LogP contribution in [0.2, 0.25) is 0 Å². The van der Waals surface area contributed by atoms with E-state index in [4.69, 9.17) is 0 Å². The van der Waals surface area contributed by atoms with Gasteiger partial charge in [0.1, 0.15) is 5.78 Å². The van der Waals surface area contributed by atoms with Crippen molar-refractivity contribution in [3.63, 3.8) is 0 Å². The van der Waals surface area contributed by atoms with Gasteiger partial charge in [0, 0.05) is 18.8 Å². The first-order chi connectivity index (χ1) is 12.7. The molecule has 154 valence electrons. The Morgan fingerprint density at radius 2 is 1.78 bits per heavy atom. The molecule has 0 aromatic carbocycles. The van der Waals surface area contributed by atoms with Crippen molar-refractivity contribution in [2.24, 2.45) is 34.5 Å². The van der Waals surface area contributed by atoms with Crippen molar-refractivity contribution in [3.05, 3.63) is 0 Å². The number of hydrogen-bond donors (Lipinski definition) is 2. The van der Waals surface area contributed by atoms with Crippen LogP contribution in [0.3, 0.4) is 0 Å². The van der Waals surface area contributed by atoms with E-state index in [0.717, 1.165) is 57.8 Å². The average Bonchev–Trinajstić information content (AvgIpc) is 2.92. The van der Waals surface area contributed by atoms with Gasteiger partial charge in [0.05, 0.1) is 11.7 Å². The second-order valence-electron chi connectivity index (χ2n) is 11.1. The quantitative estimate of drug-likeness (QED) is 0.688. The lowest BCUT2D eigenvalue weighted by molar-refractivity contribution is -0.209. The molecule has 2 N–H and O–H groups in total. The Morgan fingerprint density at radius 3 is 2.52 bits per heavy atom. The molecule has 0 saturated heterocycles. The van der Waals surface area contributed by atoms with Gasteiger partial charge in [-0.05, 0) is 73.5 Å². The Bertz CT molecular complexity index is 588. The van der Waals surface area contributed by atoms with E-state index >= 15 is 0 Å². The van der Waals surface area contributed by atoms with Crippen LogP contribution >= 0.6 is 0 Å². The van der Waals surface area contributed by atoms with Gasteiger partial charge in [0.2, 0.25) is 0 Å². The summed E-state index contributed by atoms with van der Waals surface area (Å²) in [5.41, 5.74) is -0.557. The highest BCUT2D eigenvalue weighted by molar-refractivity contribution is 5.80. The molecule has 0 amide bonds. The molecule has 0 aromatic rings. The molecule has 3 nitrogen and oxygen atoms in total. The fourth-order valence-electron chi connectivity index (χ4n) is 8.26. The maximum absolute atomic E-state index is 12.4. The highest BCUT2D eigenvalue weighted by Gasteiger charge is 2.65. The van der Waals surface area contributed by atoms with Gasteiger partial charge < -0.3 is 10.2 Å². The molecule has 4 aliphatic rings. The number of aliphatic hydroxyl groups excluding tert-OH is 1. The summed E-state index contributed by atoms with van der Waals surface area (Å²) < 4.78 is 0. The zero-order valence-corrected chi connectivity index (χ0v) is 17.7. The first-order valence-corrected chi connectivity index (χ1v) is 11.7. The summed E-state index contributed by atoms with van der Waals surface area (Å²) in [5, 5.41) is 22.7. The molecule has 0 heterocycles. The Morgan fingerprint density at radius 1 is 1.04 bits per heavy atom. The predicted octanol–water partition coefficient (Wildman–Crippen LogP) is 4.88. The van der Waals surface area contributed by atoms with E-state index in [2.05, 4.69) is 20.8 Å². The lowest BCUT2D eigenvalue weighted by Crippen LogP contribution is -2.63. The van der Waals surface area contributed by atoms with E-state index in [1.165, 1.54) is 6.42 Å². The second kappa shape index (κ2) is 6.83. The fourth-order valence-corrected chi connectivity index (χ4v) is 8.26. The third kappa shape index (κ3) is 2.94. The smallest absolute Gasteiger partial charge is 0.133 e. The van der Waals surface area contributed by atoms with Crippen LogP contribution in [0.5, 0.6) is 0 Å². The minimum Gasteiger partial charge on any atom is -0.393 e. The molecule has 0 aromatic heterocycles. The SMILES string of the molecule is CCCCC[C@@]1(O)C[C@@H]2[C@H](CC[C@]3(C)[C@@H](O)CC[C@@H]23)[C@@]2(C)CCC(=O)C[C@H]12. The normalized spacial score (nSPS) is 52.2. The van der Waals surface area contributed by atoms with Gasteiger partial charge in [-0.25, -0.2) is 0 Å². The van der Waals surface area contributed by atoms with Gasteiger partial charge in [-0.3, -0.25) is 4.79 Å². The monoisotopic (exact) mass is 376 g/mol. The van der Waals surface area contributed by atoms with Crippen molar-refractivity contribution in [2.75, 3.05) is 0 Å². The predicted molar refractivity (Wildman–Crippen MR) is 107 cm³/mol. The van der Waals surface area contributed by atoms with Gasteiger partial charge in [-0.1, -0.05) is 40.0 Å². The Hall–Kier alpha value is -0.410. The summed E-state index contributed by atoms with van der Waals surface area (Å²) in [6.07, 6.45) is 11.5. The molecule has 4 aliphatic carbocycles. The summed E-state index contributed by atoms with van der Waals surface area (Å²) in [7, 11) is 0. The Balaban J connectivity index is 1.68. The molecule has 0 unspecified atom stereocenters. The molecule has 0 radical (unpaired) electrons. The molecular formula is C24H40O3. The summed E-state index contributed by atoms with van der Waals surface area (Å²) in [5.74, 6) is 2.17. The molecule has 3 heteroatoms. The molecule has 4 rings (SSSR count). The molecule has 0 spiro atoms. The van der Waals surface area contributed by atoms with Gasteiger partial charge in [-0.15, -0.1) is 0 Å².